The van der Waals surface area contributed by atoms with Gasteiger partial charge in [0.15, 0.2) is 0 Å². The summed E-state index contributed by atoms with van der Waals surface area (Å²) < 4.78 is 13.7. The standard InChI is InChI=1S/C16H15BrFNO/c1-2-11-5-3-4-6-13(11)10-19-16(20)12-7-8-14(17)15(18)9-12/h3-9H,2,10H2,1H3,(H,19,20). The predicted molar refractivity (Wildman–Crippen MR) is 81.1 cm³/mol. The molecule has 2 aromatic carbocycles. The summed E-state index contributed by atoms with van der Waals surface area (Å²) in [5.74, 6) is -0.714. The van der Waals surface area contributed by atoms with E-state index in [1.807, 2.05) is 24.3 Å². The van der Waals surface area contributed by atoms with Crippen molar-refractivity contribution in [3.63, 3.8) is 0 Å². The topological polar surface area (TPSA) is 29.1 Å². The molecular weight excluding hydrogens is 321 g/mol. The molecule has 0 saturated heterocycles. The number of hydrogen-bond donors (Lipinski definition) is 1. The number of carbonyl (C=O) groups excluding carboxylic acids is 1. The van der Waals surface area contributed by atoms with E-state index in [4.69, 9.17) is 0 Å². The first-order chi connectivity index (χ1) is 9.61. The van der Waals surface area contributed by atoms with Crippen LogP contribution in [0.2, 0.25) is 0 Å². The SMILES string of the molecule is CCc1ccccc1CNC(=O)c1ccc(Br)c(F)c1. The maximum atomic E-state index is 13.4. The molecule has 4 heteroatoms. The van der Waals surface area contributed by atoms with Crippen molar-refractivity contribution in [2.45, 2.75) is 19.9 Å². The van der Waals surface area contributed by atoms with Crippen LogP contribution >= 0.6 is 15.9 Å². The van der Waals surface area contributed by atoms with Crippen molar-refractivity contribution in [1.29, 1.82) is 0 Å². The highest BCUT2D eigenvalue weighted by Gasteiger charge is 2.09. The Hall–Kier alpha value is -1.68. The largest absolute Gasteiger partial charge is 0.348 e. The van der Waals surface area contributed by atoms with E-state index in [0.717, 1.165) is 12.0 Å². The van der Waals surface area contributed by atoms with Crippen LogP contribution in [0.15, 0.2) is 46.9 Å². The lowest BCUT2D eigenvalue weighted by atomic mass is 10.1. The molecule has 1 N–H and O–H groups in total. The second-order valence-corrected chi connectivity index (χ2v) is 5.29. The summed E-state index contributed by atoms with van der Waals surface area (Å²) >= 11 is 3.07. The summed E-state index contributed by atoms with van der Waals surface area (Å²) in [7, 11) is 0. The van der Waals surface area contributed by atoms with Gasteiger partial charge in [-0.15, -0.1) is 0 Å². The van der Waals surface area contributed by atoms with Gasteiger partial charge in [-0.1, -0.05) is 31.2 Å². The number of aryl methyl sites for hydroxylation is 1. The summed E-state index contributed by atoms with van der Waals surface area (Å²) in [5, 5.41) is 2.82. The highest BCUT2D eigenvalue weighted by atomic mass is 79.9. The number of rotatable bonds is 4. The van der Waals surface area contributed by atoms with Crippen molar-refractivity contribution in [2.24, 2.45) is 0 Å². The summed E-state index contributed by atoms with van der Waals surface area (Å²) in [6.07, 6.45) is 0.916. The van der Waals surface area contributed by atoms with Gasteiger partial charge in [0, 0.05) is 12.1 Å². The molecule has 104 valence electrons. The van der Waals surface area contributed by atoms with Crippen molar-refractivity contribution in [2.75, 3.05) is 0 Å². The lowest BCUT2D eigenvalue weighted by Gasteiger charge is -2.09. The Balaban J connectivity index is 2.06. The minimum absolute atomic E-state index is 0.276. The summed E-state index contributed by atoms with van der Waals surface area (Å²) in [6, 6.07) is 12.3. The van der Waals surface area contributed by atoms with Crippen LogP contribution in [0.4, 0.5) is 4.39 Å². The molecule has 2 aromatic rings. The molecule has 0 fully saturated rings. The molecule has 0 aliphatic rings. The van der Waals surface area contributed by atoms with E-state index in [1.165, 1.54) is 17.7 Å². The highest BCUT2D eigenvalue weighted by molar-refractivity contribution is 9.10. The Morgan fingerprint density at radius 1 is 1.20 bits per heavy atom. The summed E-state index contributed by atoms with van der Waals surface area (Å²) in [4.78, 5) is 12.0. The van der Waals surface area contributed by atoms with Gasteiger partial charge in [-0.05, 0) is 51.7 Å². The van der Waals surface area contributed by atoms with Crippen LogP contribution < -0.4 is 5.32 Å². The van der Waals surface area contributed by atoms with Crippen LogP contribution in [0.3, 0.4) is 0 Å². The molecule has 0 heterocycles. The molecule has 0 spiro atoms. The number of nitrogens with one attached hydrogen (secondary N) is 1. The smallest absolute Gasteiger partial charge is 0.251 e. The van der Waals surface area contributed by atoms with Crippen molar-refractivity contribution in [3.05, 3.63) is 69.4 Å². The quantitative estimate of drug-likeness (QED) is 0.896. The van der Waals surface area contributed by atoms with Crippen molar-refractivity contribution in [1.82, 2.24) is 5.32 Å². The van der Waals surface area contributed by atoms with Crippen molar-refractivity contribution in [3.8, 4) is 0 Å². The summed E-state index contributed by atoms with van der Waals surface area (Å²) in [5.41, 5.74) is 2.61. The first-order valence-corrected chi connectivity index (χ1v) is 7.21. The molecule has 1 amide bonds. The van der Waals surface area contributed by atoms with Gasteiger partial charge >= 0.3 is 0 Å². The molecule has 0 bridgehead atoms. The Labute approximate surface area is 126 Å². The zero-order valence-corrected chi connectivity index (χ0v) is 12.7. The van der Waals surface area contributed by atoms with E-state index in [2.05, 4.69) is 28.2 Å². The highest BCUT2D eigenvalue weighted by Crippen LogP contribution is 2.16. The summed E-state index contributed by atoms with van der Waals surface area (Å²) in [6.45, 7) is 2.52. The van der Waals surface area contributed by atoms with Crippen molar-refractivity contribution >= 4 is 21.8 Å². The molecule has 0 saturated carbocycles. The average Bonchev–Trinajstić information content (AvgIpc) is 2.47. The third kappa shape index (κ3) is 3.45. The monoisotopic (exact) mass is 335 g/mol. The molecule has 0 aliphatic carbocycles. The molecule has 0 aromatic heterocycles. The second-order valence-electron chi connectivity index (χ2n) is 4.43. The number of benzene rings is 2. The molecule has 2 nitrogen and oxygen atoms in total. The average molecular weight is 336 g/mol. The fourth-order valence-corrected chi connectivity index (χ4v) is 2.24. The molecule has 0 unspecified atom stereocenters. The van der Waals surface area contributed by atoms with Crippen molar-refractivity contribution < 1.29 is 9.18 Å². The van der Waals surface area contributed by atoms with Gasteiger partial charge in [0.05, 0.1) is 4.47 Å². The van der Waals surface area contributed by atoms with E-state index >= 15 is 0 Å². The van der Waals surface area contributed by atoms with Crippen LogP contribution in [-0.4, -0.2) is 5.91 Å². The normalized spacial score (nSPS) is 10.3. The van der Waals surface area contributed by atoms with Crippen LogP contribution in [0.1, 0.15) is 28.4 Å². The van der Waals surface area contributed by atoms with E-state index in [9.17, 15) is 9.18 Å². The van der Waals surface area contributed by atoms with Gasteiger partial charge in [-0.3, -0.25) is 4.79 Å². The minimum Gasteiger partial charge on any atom is -0.348 e. The van der Waals surface area contributed by atoms with E-state index < -0.39 is 5.82 Å². The van der Waals surface area contributed by atoms with Crippen LogP contribution in [0, 0.1) is 5.82 Å². The Morgan fingerprint density at radius 2 is 1.90 bits per heavy atom. The fourth-order valence-electron chi connectivity index (χ4n) is 1.99. The first-order valence-electron chi connectivity index (χ1n) is 6.42. The lowest BCUT2D eigenvalue weighted by molar-refractivity contribution is 0.0950. The van der Waals surface area contributed by atoms with Crippen LogP contribution in [0.25, 0.3) is 0 Å². The first kappa shape index (κ1) is 14.7. The molecule has 0 aliphatic heterocycles. The minimum atomic E-state index is -0.438. The van der Waals surface area contributed by atoms with Gasteiger partial charge in [-0.2, -0.15) is 0 Å². The lowest BCUT2D eigenvalue weighted by Crippen LogP contribution is -2.23. The Kier molecular flexibility index (Phi) is 4.90. The number of hydrogen-bond acceptors (Lipinski definition) is 1. The Morgan fingerprint density at radius 3 is 2.55 bits per heavy atom. The fraction of sp³-hybridized carbons (Fsp3) is 0.188. The number of halogens is 2. The zero-order valence-electron chi connectivity index (χ0n) is 11.1. The van der Waals surface area contributed by atoms with Gasteiger partial charge in [-0.25, -0.2) is 4.39 Å². The number of carbonyl (C=O) groups is 1. The molecular formula is C16H15BrFNO. The maximum Gasteiger partial charge on any atom is 0.251 e. The zero-order chi connectivity index (χ0) is 14.5. The Bertz CT molecular complexity index is 628. The van der Waals surface area contributed by atoms with E-state index in [1.54, 1.807) is 6.07 Å². The van der Waals surface area contributed by atoms with E-state index in [0.29, 0.717) is 16.6 Å². The van der Waals surface area contributed by atoms with Gasteiger partial charge in [0.2, 0.25) is 0 Å². The maximum absolute atomic E-state index is 13.4. The predicted octanol–water partition coefficient (Wildman–Crippen LogP) is 4.08. The third-order valence-electron chi connectivity index (χ3n) is 3.12. The van der Waals surface area contributed by atoms with Gasteiger partial charge in [0.1, 0.15) is 5.82 Å². The third-order valence-corrected chi connectivity index (χ3v) is 3.76. The molecule has 2 rings (SSSR count). The second kappa shape index (κ2) is 6.66. The van der Waals surface area contributed by atoms with Gasteiger partial charge in [0.25, 0.3) is 5.91 Å². The molecule has 0 radical (unpaired) electrons. The van der Waals surface area contributed by atoms with E-state index in [-0.39, 0.29) is 5.91 Å². The van der Waals surface area contributed by atoms with Crippen LogP contribution in [0.5, 0.6) is 0 Å². The van der Waals surface area contributed by atoms with Gasteiger partial charge < -0.3 is 5.32 Å². The molecule has 20 heavy (non-hydrogen) atoms. The van der Waals surface area contributed by atoms with Crippen LogP contribution in [-0.2, 0) is 13.0 Å². The molecule has 0 atom stereocenters. The number of amides is 1.